The fraction of sp³-hybridized carbons (Fsp3) is 0.756. The summed E-state index contributed by atoms with van der Waals surface area (Å²) in [5.74, 6) is 0.424. The number of rotatable bonds is 16. The van der Waals surface area contributed by atoms with Gasteiger partial charge in [-0.25, -0.2) is 25.3 Å². The van der Waals surface area contributed by atoms with Gasteiger partial charge in [-0.15, -0.1) is 0 Å². The van der Waals surface area contributed by atoms with Crippen molar-refractivity contribution in [2.24, 2.45) is 0 Å². The molecule has 4 N–H and O–H groups in total. The molecule has 0 saturated carbocycles. The Kier molecular flexibility index (Phi) is 21.5. The molecule has 0 unspecified atom stereocenters. The second kappa shape index (κ2) is 24.6. The lowest BCUT2D eigenvalue weighted by Gasteiger charge is -2.36. The van der Waals surface area contributed by atoms with Gasteiger partial charge in [0, 0.05) is 78.5 Å². The van der Waals surface area contributed by atoms with Crippen LogP contribution in [0.3, 0.4) is 0 Å². The average molecular weight is 877 g/mol. The Balaban J connectivity index is 0.000000237. The lowest BCUT2D eigenvalue weighted by molar-refractivity contribution is 0.0706. The van der Waals surface area contributed by atoms with Gasteiger partial charge < -0.3 is 30.2 Å². The minimum atomic E-state index is -3.45. The van der Waals surface area contributed by atoms with Crippen molar-refractivity contribution in [3.05, 3.63) is 53.3 Å². The molecule has 4 aliphatic heterocycles. The number of sulfone groups is 3. The van der Waals surface area contributed by atoms with E-state index in [1.54, 1.807) is 30.3 Å². The van der Waals surface area contributed by atoms with Crippen LogP contribution >= 0.6 is 0 Å². The molecular formula is C41H72N4O10S3. The molecule has 4 saturated heterocycles. The molecule has 0 aromatic heterocycles. The second-order valence-corrected chi connectivity index (χ2v) is 23.0. The van der Waals surface area contributed by atoms with Crippen molar-refractivity contribution in [3.63, 3.8) is 0 Å². The lowest BCUT2D eigenvalue weighted by atomic mass is 10.1. The number of aliphatic hydroxyl groups excluding tert-OH is 4. The molecule has 4 heterocycles. The topological polar surface area (TPSA) is 196 Å². The van der Waals surface area contributed by atoms with Crippen LogP contribution in [0.1, 0.15) is 78.1 Å². The summed E-state index contributed by atoms with van der Waals surface area (Å²) in [6.07, 6.45) is 6.09. The van der Waals surface area contributed by atoms with E-state index in [-0.39, 0.29) is 51.0 Å². The first-order chi connectivity index (χ1) is 27.4. The molecule has 1 aromatic carbocycles. The zero-order chi connectivity index (χ0) is 42.9. The molecule has 1 aromatic rings. The van der Waals surface area contributed by atoms with Gasteiger partial charge >= 0.3 is 0 Å². The molecule has 0 bridgehead atoms. The number of nitrogens with zero attached hydrogens (tertiary/aromatic N) is 4. The van der Waals surface area contributed by atoms with Crippen LogP contribution in [0.5, 0.6) is 0 Å². The van der Waals surface area contributed by atoms with Crippen LogP contribution in [-0.2, 0) is 29.5 Å². The van der Waals surface area contributed by atoms with Gasteiger partial charge in [0.15, 0.2) is 19.7 Å². The second-order valence-electron chi connectivity index (χ2n) is 16.3. The minimum Gasteiger partial charge on any atom is -0.393 e. The van der Waals surface area contributed by atoms with E-state index in [1.807, 2.05) is 23.6 Å². The summed E-state index contributed by atoms with van der Waals surface area (Å²) < 4.78 is 73.3. The molecule has 14 nitrogen and oxygen atoms in total. The summed E-state index contributed by atoms with van der Waals surface area (Å²) >= 11 is 0. The van der Waals surface area contributed by atoms with Gasteiger partial charge in [0.05, 0.1) is 55.9 Å². The maximum absolute atomic E-state index is 12.7. The number of likely N-dealkylation sites (tertiary alicyclic amines) is 4. The minimum absolute atomic E-state index is 0.183. The van der Waals surface area contributed by atoms with Crippen LogP contribution < -0.4 is 0 Å². The van der Waals surface area contributed by atoms with E-state index in [2.05, 4.69) is 23.0 Å². The van der Waals surface area contributed by atoms with Crippen LogP contribution in [0.15, 0.2) is 58.2 Å². The van der Waals surface area contributed by atoms with E-state index in [9.17, 15) is 45.7 Å². The highest BCUT2D eigenvalue weighted by atomic mass is 32.2. The summed E-state index contributed by atoms with van der Waals surface area (Å²) in [5, 5.41) is 37.6. The molecule has 0 radical (unpaired) electrons. The molecule has 334 valence electrons. The van der Waals surface area contributed by atoms with E-state index < -0.39 is 29.5 Å². The average Bonchev–Trinajstić information content (AvgIpc) is 3.19. The maximum Gasteiger partial charge on any atom is 0.203 e. The van der Waals surface area contributed by atoms with Gasteiger partial charge in [-0.05, 0) is 76.3 Å². The van der Waals surface area contributed by atoms with Gasteiger partial charge in [0.25, 0.3) is 0 Å². The molecular weight excluding hydrogens is 805 g/mol. The number of piperidine rings is 4. The summed E-state index contributed by atoms with van der Waals surface area (Å²) in [5.41, 5.74) is 0. The van der Waals surface area contributed by atoms with Crippen LogP contribution in [0, 0.1) is 0 Å². The van der Waals surface area contributed by atoms with Gasteiger partial charge in [0.1, 0.15) is 0 Å². The van der Waals surface area contributed by atoms with Crippen molar-refractivity contribution in [3.8, 4) is 0 Å². The fourth-order valence-corrected chi connectivity index (χ4v) is 11.7. The Labute approximate surface area is 349 Å². The number of hydrogen-bond donors (Lipinski definition) is 4. The highest BCUT2D eigenvalue weighted by molar-refractivity contribution is 7.95. The third-order valence-electron chi connectivity index (χ3n) is 11.3. The normalized spacial score (nSPS) is 20.9. The van der Waals surface area contributed by atoms with E-state index in [1.165, 1.54) is 0 Å². The zero-order valence-electron chi connectivity index (χ0n) is 34.9. The lowest BCUT2D eigenvalue weighted by Crippen LogP contribution is -2.49. The van der Waals surface area contributed by atoms with E-state index in [0.29, 0.717) is 69.9 Å². The van der Waals surface area contributed by atoms with Crippen molar-refractivity contribution in [1.82, 2.24) is 19.6 Å². The number of hydrogen-bond acceptors (Lipinski definition) is 14. The Morgan fingerprint density at radius 1 is 0.569 bits per heavy atom. The molecule has 58 heavy (non-hydrogen) atoms. The molecule has 5 rings (SSSR count). The molecule has 0 spiro atoms. The molecule has 0 aliphatic carbocycles. The predicted molar refractivity (Wildman–Crippen MR) is 231 cm³/mol. The summed E-state index contributed by atoms with van der Waals surface area (Å²) in [4.78, 5) is 9.25. The Morgan fingerprint density at radius 3 is 1.28 bits per heavy atom. The zero-order valence-corrected chi connectivity index (χ0v) is 37.4. The predicted octanol–water partition coefficient (Wildman–Crippen LogP) is 2.31. The summed E-state index contributed by atoms with van der Waals surface area (Å²) in [6.45, 7) is 19.1. The largest absolute Gasteiger partial charge is 0.393 e. The molecule has 0 amide bonds. The number of aliphatic hydroxyl groups is 4. The summed E-state index contributed by atoms with van der Waals surface area (Å²) in [7, 11) is -9.68. The van der Waals surface area contributed by atoms with Crippen LogP contribution in [0.25, 0.3) is 0 Å². The highest BCUT2D eigenvalue weighted by Crippen LogP contribution is 2.21. The van der Waals surface area contributed by atoms with Crippen molar-refractivity contribution >= 4 is 29.5 Å². The van der Waals surface area contributed by atoms with Crippen LogP contribution in [0.4, 0.5) is 0 Å². The monoisotopic (exact) mass is 876 g/mol. The van der Waals surface area contributed by atoms with Crippen molar-refractivity contribution in [2.75, 3.05) is 90.0 Å². The Hall–Kier alpha value is -1.77. The first-order valence-electron chi connectivity index (χ1n) is 21.1. The fourth-order valence-electron chi connectivity index (χ4n) is 7.53. The van der Waals surface area contributed by atoms with Crippen LogP contribution in [0.2, 0.25) is 0 Å². The molecule has 17 heteroatoms. The molecule has 4 aliphatic rings. The first kappa shape index (κ1) is 50.6. The van der Waals surface area contributed by atoms with Gasteiger partial charge in [-0.1, -0.05) is 45.2 Å². The Morgan fingerprint density at radius 2 is 0.914 bits per heavy atom. The van der Waals surface area contributed by atoms with Gasteiger partial charge in [0.2, 0.25) is 9.84 Å². The summed E-state index contributed by atoms with van der Waals surface area (Å²) in [6, 6.07) is 8.36. The van der Waals surface area contributed by atoms with Crippen LogP contribution in [-0.4, -0.2) is 185 Å². The smallest absolute Gasteiger partial charge is 0.203 e. The first-order valence-corrected chi connectivity index (χ1v) is 25.9. The molecule has 4 fully saturated rings. The standard InChI is InChI=1S/C16H32N2O4S.C14H19NO3S.C11H21NO3S/c1-2-11-23(21,22)16(12-17-7-3-14(19)4-8-17)13-18-9-5-15(20)6-10-18;1-12(11-15-9-7-13(16)8-10-15)19(17,18)14-5-3-2-4-6-14;1-3-8-16(14,15)10(2)9-12-6-4-11(13)5-7-12/h14-16,19-20H,2-13H2,1H3;2-6,13,16H,1,7-11H2;11,13H,2-9H2,1H3. The highest BCUT2D eigenvalue weighted by Gasteiger charge is 2.32. The third kappa shape index (κ3) is 17.3. The number of benzene rings is 1. The quantitative estimate of drug-likeness (QED) is 0.189. The van der Waals surface area contributed by atoms with Crippen molar-refractivity contribution < 1.29 is 45.7 Å². The van der Waals surface area contributed by atoms with Crippen molar-refractivity contribution in [1.29, 1.82) is 0 Å². The van der Waals surface area contributed by atoms with E-state index in [0.717, 1.165) is 77.8 Å². The third-order valence-corrected chi connectivity index (χ3v) is 17.3. The maximum atomic E-state index is 12.7. The van der Waals surface area contributed by atoms with E-state index >= 15 is 0 Å². The Bertz CT molecular complexity index is 1670. The van der Waals surface area contributed by atoms with Crippen molar-refractivity contribution in [2.45, 2.75) is 113 Å². The SMILES string of the molecule is C=C(CN1CCC(O)CC1)S(=O)(=O)CCC.C=C(CN1CCC(O)CC1)S(=O)(=O)c1ccccc1.CCCS(=O)(=O)C(CN1CCC(O)CC1)CN1CCC(O)CC1. The van der Waals surface area contributed by atoms with E-state index in [4.69, 9.17) is 0 Å². The van der Waals surface area contributed by atoms with Gasteiger partial charge in [-0.3, -0.25) is 9.80 Å². The van der Waals surface area contributed by atoms with Gasteiger partial charge in [-0.2, -0.15) is 0 Å². The molecule has 0 atom stereocenters.